The summed E-state index contributed by atoms with van der Waals surface area (Å²) < 4.78 is 5.14. The first-order valence-electron chi connectivity index (χ1n) is 5.61. The van der Waals surface area contributed by atoms with Crippen LogP contribution in [0.4, 0.5) is 0 Å². The molecule has 1 aliphatic rings. The second-order valence-electron chi connectivity index (χ2n) is 4.34. The lowest BCUT2D eigenvalue weighted by atomic mass is 9.96. The quantitative estimate of drug-likeness (QED) is 0.699. The molecule has 0 amide bonds. The average molecular weight is 197 g/mol. The van der Waals surface area contributed by atoms with Gasteiger partial charge in [-0.1, -0.05) is 12.0 Å². The zero-order chi connectivity index (χ0) is 10.4. The largest absolute Gasteiger partial charge is 0.380 e. The number of hydrogen-bond acceptors (Lipinski definition) is 2. The van der Waals surface area contributed by atoms with Crippen LogP contribution in [-0.2, 0) is 4.74 Å². The van der Waals surface area contributed by atoms with E-state index in [-0.39, 0.29) is 0 Å². The number of methoxy groups -OCH3 is 1. The van der Waals surface area contributed by atoms with Crippen molar-refractivity contribution in [3.63, 3.8) is 0 Å². The van der Waals surface area contributed by atoms with Crippen LogP contribution in [0.5, 0.6) is 0 Å². The lowest BCUT2D eigenvalue weighted by Gasteiger charge is -2.24. The standard InChI is InChI=1S/C12H23NO/c1-10(11(2)9-14-3)8-12-6-4-5-7-13-12/h12-13H,4-9H2,1-3H3. The molecular formula is C12H23NO. The van der Waals surface area contributed by atoms with Crippen molar-refractivity contribution in [1.82, 2.24) is 5.32 Å². The first kappa shape index (κ1) is 11.7. The molecule has 2 nitrogen and oxygen atoms in total. The van der Waals surface area contributed by atoms with Gasteiger partial charge in [0.15, 0.2) is 0 Å². The molecule has 14 heavy (non-hydrogen) atoms. The van der Waals surface area contributed by atoms with E-state index in [1.807, 2.05) is 0 Å². The van der Waals surface area contributed by atoms with Gasteiger partial charge in [-0.2, -0.15) is 0 Å². The lowest BCUT2D eigenvalue weighted by Crippen LogP contribution is -2.34. The molecule has 1 unspecified atom stereocenters. The summed E-state index contributed by atoms with van der Waals surface area (Å²) >= 11 is 0. The molecule has 0 aromatic heterocycles. The van der Waals surface area contributed by atoms with Crippen LogP contribution in [0.3, 0.4) is 0 Å². The van der Waals surface area contributed by atoms with E-state index in [0.717, 1.165) is 6.61 Å². The van der Waals surface area contributed by atoms with E-state index >= 15 is 0 Å². The maximum atomic E-state index is 5.14. The topological polar surface area (TPSA) is 21.3 Å². The molecule has 1 heterocycles. The molecule has 0 radical (unpaired) electrons. The number of piperidine rings is 1. The Kier molecular flexibility index (Phi) is 5.20. The highest BCUT2D eigenvalue weighted by Crippen LogP contribution is 2.17. The summed E-state index contributed by atoms with van der Waals surface area (Å²) in [6, 6.07) is 0.704. The van der Waals surface area contributed by atoms with Gasteiger partial charge in [0.05, 0.1) is 6.61 Å². The van der Waals surface area contributed by atoms with Gasteiger partial charge >= 0.3 is 0 Å². The Hall–Kier alpha value is -0.340. The van der Waals surface area contributed by atoms with E-state index < -0.39 is 0 Å². The smallest absolute Gasteiger partial charge is 0.0672 e. The van der Waals surface area contributed by atoms with Crippen LogP contribution in [0.15, 0.2) is 11.1 Å². The predicted octanol–water partition coefficient (Wildman–Crippen LogP) is 2.50. The van der Waals surface area contributed by atoms with Gasteiger partial charge in [0.2, 0.25) is 0 Å². The monoisotopic (exact) mass is 197 g/mol. The highest BCUT2D eigenvalue weighted by atomic mass is 16.5. The van der Waals surface area contributed by atoms with Crippen molar-refractivity contribution in [2.24, 2.45) is 0 Å². The van der Waals surface area contributed by atoms with Crippen molar-refractivity contribution in [2.45, 2.75) is 45.6 Å². The van der Waals surface area contributed by atoms with E-state index in [1.165, 1.54) is 43.4 Å². The van der Waals surface area contributed by atoms with Gasteiger partial charge in [0, 0.05) is 13.2 Å². The van der Waals surface area contributed by atoms with Crippen LogP contribution in [0.2, 0.25) is 0 Å². The maximum Gasteiger partial charge on any atom is 0.0672 e. The minimum Gasteiger partial charge on any atom is -0.380 e. The van der Waals surface area contributed by atoms with Gasteiger partial charge in [0.1, 0.15) is 0 Å². The molecular weight excluding hydrogens is 174 g/mol. The van der Waals surface area contributed by atoms with Crippen LogP contribution < -0.4 is 5.32 Å². The van der Waals surface area contributed by atoms with Crippen LogP contribution in [0.25, 0.3) is 0 Å². The molecule has 0 spiro atoms. The lowest BCUT2D eigenvalue weighted by molar-refractivity contribution is 0.224. The third kappa shape index (κ3) is 3.81. The Morgan fingerprint density at radius 2 is 2.07 bits per heavy atom. The van der Waals surface area contributed by atoms with E-state index in [9.17, 15) is 0 Å². The van der Waals surface area contributed by atoms with E-state index in [1.54, 1.807) is 7.11 Å². The van der Waals surface area contributed by atoms with E-state index in [0.29, 0.717) is 6.04 Å². The first-order chi connectivity index (χ1) is 6.74. The van der Waals surface area contributed by atoms with Crippen LogP contribution in [0.1, 0.15) is 39.5 Å². The third-order valence-electron chi connectivity index (χ3n) is 3.05. The summed E-state index contributed by atoms with van der Waals surface area (Å²) in [7, 11) is 1.76. The maximum absolute atomic E-state index is 5.14. The van der Waals surface area contributed by atoms with Gasteiger partial charge in [-0.25, -0.2) is 0 Å². The summed E-state index contributed by atoms with van der Waals surface area (Å²) in [6.45, 7) is 6.37. The molecule has 0 saturated carbocycles. The summed E-state index contributed by atoms with van der Waals surface area (Å²) in [4.78, 5) is 0. The fourth-order valence-corrected chi connectivity index (χ4v) is 1.98. The minimum atomic E-state index is 0.704. The molecule has 2 heteroatoms. The summed E-state index contributed by atoms with van der Waals surface area (Å²) in [5.74, 6) is 0. The van der Waals surface area contributed by atoms with E-state index in [2.05, 4.69) is 19.2 Å². The molecule has 82 valence electrons. The van der Waals surface area contributed by atoms with Gasteiger partial charge in [0.25, 0.3) is 0 Å². The zero-order valence-corrected chi connectivity index (χ0v) is 9.73. The van der Waals surface area contributed by atoms with Crippen molar-refractivity contribution in [3.8, 4) is 0 Å². The number of ether oxygens (including phenoxy) is 1. The molecule has 0 bridgehead atoms. The van der Waals surface area contributed by atoms with Crippen LogP contribution in [-0.4, -0.2) is 26.3 Å². The normalized spacial score (nSPS) is 24.6. The molecule has 1 rings (SSSR count). The summed E-state index contributed by atoms with van der Waals surface area (Å²) in [5, 5.41) is 3.57. The predicted molar refractivity (Wildman–Crippen MR) is 60.5 cm³/mol. The fourth-order valence-electron chi connectivity index (χ4n) is 1.98. The van der Waals surface area contributed by atoms with Crippen molar-refractivity contribution in [2.75, 3.05) is 20.3 Å². The second kappa shape index (κ2) is 6.20. The van der Waals surface area contributed by atoms with Crippen LogP contribution >= 0.6 is 0 Å². The van der Waals surface area contributed by atoms with Crippen molar-refractivity contribution in [1.29, 1.82) is 0 Å². The van der Waals surface area contributed by atoms with Crippen molar-refractivity contribution < 1.29 is 4.74 Å². The Morgan fingerprint density at radius 1 is 1.29 bits per heavy atom. The molecule has 0 aliphatic carbocycles. The Labute approximate surface area is 87.7 Å². The molecule has 0 aromatic carbocycles. The van der Waals surface area contributed by atoms with Crippen molar-refractivity contribution >= 4 is 0 Å². The Balaban J connectivity index is 2.37. The van der Waals surface area contributed by atoms with Gasteiger partial charge in [-0.15, -0.1) is 0 Å². The molecule has 1 aliphatic heterocycles. The number of hydrogen-bond donors (Lipinski definition) is 1. The fraction of sp³-hybridized carbons (Fsp3) is 0.833. The highest BCUT2D eigenvalue weighted by molar-refractivity contribution is 5.11. The van der Waals surface area contributed by atoms with E-state index in [4.69, 9.17) is 4.74 Å². The molecule has 0 aromatic rings. The van der Waals surface area contributed by atoms with Crippen LogP contribution in [0, 0.1) is 0 Å². The Bertz CT molecular complexity index is 192. The van der Waals surface area contributed by atoms with Gasteiger partial charge in [-0.3, -0.25) is 0 Å². The van der Waals surface area contributed by atoms with Gasteiger partial charge in [-0.05, 0) is 45.2 Å². The molecule has 1 N–H and O–H groups in total. The average Bonchev–Trinajstić information content (AvgIpc) is 2.19. The zero-order valence-electron chi connectivity index (χ0n) is 9.73. The minimum absolute atomic E-state index is 0.704. The Morgan fingerprint density at radius 3 is 2.64 bits per heavy atom. The third-order valence-corrected chi connectivity index (χ3v) is 3.05. The number of rotatable bonds is 4. The summed E-state index contributed by atoms with van der Waals surface area (Å²) in [5.41, 5.74) is 2.88. The van der Waals surface area contributed by atoms with Crippen molar-refractivity contribution in [3.05, 3.63) is 11.1 Å². The highest BCUT2D eigenvalue weighted by Gasteiger charge is 2.13. The first-order valence-corrected chi connectivity index (χ1v) is 5.61. The number of nitrogens with one attached hydrogen (secondary N) is 1. The second-order valence-corrected chi connectivity index (χ2v) is 4.34. The molecule has 1 fully saturated rings. The molecule has 1 atom stereocenters. The summed E-state index contributed by atoms with van der Waals surface area (Å²) in [6.07, 6.45) is 5.25. The van der Waals surface area contributed by atoms with Gasteiger partial charge < -0.3 is 10.1 Å². The SMILES string of the molecule is COCC(C)=C(C)CC1CCCCN1. The molecule has 1 saturated heterocycles.